The fraction of sp³-hybridized carbons (Fsp3) is 0.292. The minimum absolute atomic E-state index is 0.0253. The van der Waals surface area contributed by atoms with E-state index in [4.69, 9.17) is 0 Å². The van der Waals surface area contributed by atoms with Crippen molar-refractivity contribution in [1.29, 1.82) is 0 Å². The molecule has 0 bridgehead atoms. The SMILES string of the molecule is CC(C)[C@H]1C(=O)N(c2cccc3ccccc23)[C@H](CO)[C@@H]1c1ccccc1. The van der Waals surface area contributed by atoms with E-state index in [0.29, 0.717) is 0 Å². The first-order chi connectivity index (χ1) is 13.1. The van der Waals surface area contributed by atoms with Crippen LogP contribution < -0.4 is 4.90 Å². The molecule has 1 N–H and O–H groups in total. The number of benzene rings is 3. The number of amides is 1. The van der Waals surface area contributed by atoms with Gasteiger partial charge in [-0.05, 0) is 22.9 Å². The number of aliphatic hydroxyl groups is 1. The molecule has 0 spiro atoms. The van der Waals surface area contributed by atoms with Crippen molar-refractivity contribution in [2.45, 2.75) is 25.8 Å². The summed E-state index contributed by atoms with van der Waals surface area (Å²) in [7, 11) is 0. The van der Waals surface area contributed by atoms with E-state index in [-0.39, 0.29) is 36.3 Å². The van der Waals surface area contributed by atoms with Crippen molar-refractivity contribution in [2.24, 2.45) is 11.8 Å². The van der Waals surface area contributed by atoms with E-state index >= 15 is 0 Å². The normalized spacial score (nSPS) is 22.7. The third kappa shape index (κ3) is 2.92. The molecular weight excluding hydrogens is 334 g/mol. The van der Waals surface area contributed by atoms with Crippen molar-refractivity contribution >= 4 is 22.4 Å². The minimum atomic E-state index is -0.266. The summed E-state index contributed by atoms with van der Waals surface area (Å²) >= 11 is 0. The number of anilines is 1. The molecule has 1 fully saturated rings. The van der Waals surface area contributed by atoms with Gasteiger partial charge in [0.15, 0.2) is 0 Å². The van der Waals surface area contributed by atoms with Crippen molar-refractivity contribution in [3.05, 3.63) is 78.4 Å². The van der Waals surface area contributed by atoms with Crippen LogP contribution in [0.15, 0.2) is 72.8 Å². The Labute approximate surface area is 160 Å². The molecule has 138 valence electrons. The third-order valence-electron chi connectivity index (χ3n) is 5.77. The number of hydrogen-bond acceptors (Lipinski definition) is 2. The molecule has 1 heterocycles. The van der Waals surface area contributed by atoms with Crippen LogP contribution in [0, 0.1) is 11.8 Å². The predicted octanol–water partition coefficient (Wildman–Crippen LogP) is 4.60. The van der Waals surface area contributed by atoms with Crippen molar-refractivity contribution in [2.75, 3.05) is 11.5 Å². The molecule has 0 saturated carbocycles. The van der Waals surface area contributed by atoms with Crippen molar-refractivity contribution < 1.29 is 9.90 Å². The first-order valence-corrected chi connectivity index (χ1v) is 9.60. The minimum Gasteiger partial charge on any atom is -0.394 e. The summed E-state index contributed by atoms with van der Waals surface area (Å²) in [6, 6.07) is 24.0. The van der Waals surface area contributed by atoms with Crippen molar-refractivity contribution in [3.8, 4) is 0 Å². The van der Waals surface area contributed by atoms with Gasteiger partial charge in [-0.15, -0.1) is 0 Å². The third-order valence-corrected chi connectivity index (χ3v) is 5.77. The summed E-state index contributed by atoms with van der Waals surface area (Å²) in [5, 5.41) is 12.5. The van der Waals surface area contributed by atoms with Crippen molar-refractivity contribution in [1.82, 2.24) is 0 Å². The lowest BCUT2D eigenvalue weighted by Crippen LogP contribution is -2.37. The molecule has 3 aromatic rings. The summed E-state index contributed by atoms with van der Waals surface area (Å²) in [5.41, 5.74) is 2.01. The fourth-order valence-corrected chi connectivity index (χ4v) is 4.59. The first kappa shape index (κ1) is 17.7. The van der Waals surface area contributed by atoms with Crippen LogP contribution in [0.25, 0.3) is 10.8 Å². The van der Waals surface area contributed by atoms with Crippen LogP contribution in [-0.4, -0.2) is 23.7 Å². The molecule has 0 aliphatic carbocycles. The molecule has 4 rings (SSSR count). The summed E-state index contributed by atoms with van der Waals surface area (Å²) in [6.07, 6.45) is 0. The van der Waals surface area contributed by atoms with E-state index in [1.165, 1.54) is 0 Å². The quantitative estimate of drug-likeness (QED) is 0.739. The lowest BCUT2D eigenvalue weighted by atomic mass is 9.78. The highest BCUT2D eigenvalue weighted by Crippen LogP contribution is 2.45. The Morgan fingerprint density at radius 3 is 2.30 bits per heavy atom. The average molecular weight is 359 g/mol. The molecule has 0 radical (unpaired) electrons. The van der Waals surface area contributed by atoms with Crippen LogP contribution in [0.3, 0.4) is 0 Å². The van der Waals surface area contributed by atoms with Crippen LogP contribution in [0.1, 0.15) is 25.3 Å². The Kier molecular flexibility index (Phi) is 4.71. The Morgan fingerprint density at radius 2 is 1.59 bits per heavy atom. The molecule has 1 aliphatic heterocycles. The molecular formula is C24H25NO2. The van der Waals surface area contributed by atoms with E-state index in [2.05, 4.69) is 38.1 Å². The van der Waals surface area contributed by atoms with Gasteiger partial charge in [0.05, 0.1) is 18.3 Å². The Hall–Kier alpha value is -2.65. The van der Waals surface area contributed by atoms with Crippen molar-refractivity contribution in [3.63, 3.8) is 0 Å². The van der Waals surface area contributed by atoms with E-state index in [9.17, 15) is 9.90 Å². The van der Waals surface area contributed by atoms with E-state index in [1.54, 1.807) is 0 Å². The summed E-state index contributed by atoms with van der Waals surface area (Å²) in [5.74, 6) is 0.122. The van der Waals surface area contributed by atoms with Gasteiger partial charge in [-0.1, -0.05) is 80.6 Å². The highest BCUT2D eigenvalue weighted by molar-refractivity contribution is 6.07. The number of carbonyl (C=O) groups is 1. The zero-order valence-corrected chi connectivity index (χ0v) is 15.7. The number of nitrogens with zero attached hydrogens (tertiary/aromatic N) is 1. The van der Waals surface area contributed by atoms with E-state index in [1.807, 2.05) is 53.4 Å². The maximum absolute atomic E-state index is 13.6. The molecule has 3 heteroatoms. The summed E-state index contributed by atoms with van der Waals surface area (Å²) in [6.45, 7) is 4.14. The summed E-state index contributed by atoms with van der Waals surface area (Å²) in [4.78, 5) is 15.4. The Bertz CT molecular complexity index is 946. The smallest absolute Gasteiger partial charge is 0.231 e. The fourth-order valence-electron chi connectivity index (χ4n) is 4.59. The van der Waals surface area contributed by atoms with Crippen LogP contribution in [-0.2, 0) is 4.79 Å². The van der Waals surface area contributed by atoms with Gasteiger partial charge in [-0.2, -0.15) is 0 Å². The highest BCUT2D eigenvalue weighted by Gasteiger charge is 2.50. The molecule has 3 aromatic carbocycles. The summed E-state index contributed by atoms with van der Waals surface area (Å²) < 4.78 is 0. The second-order valence-electron chi connectivity index (χ2n) is 7.66. The Morgan fingerprint density at radius 1 is 0.926 bits per heavy atom. The number of aliphatic hydroxyl groups excluding tert-OH is 1. The number of carbonyl (C=O) groups excluding carboxylic acids is 1. The maximum atomic E-state index is 13.6. The van der Waals surface area contributed by atoms with Gasteiger partial charge in [0, 0.05) is 17.2 Å². The van der Waals surface area contributed by atoms with Gasteiger partial charge < -0.3 is 10.0 Å². The van der Waals surface area contributed by atoms with Gasteiger partial charge in [0.25, 0.3) is 0 Å². The molecule has 0 aromatic heterocycles. The second-order valence-corrected chi connectivity index (χ2v) is 7.66. The standard InChI is InChI=1S/C24H25NO2/c1-16(2)22-23(18-10-4-3-5-11-18)21(15-26)25(24(22)27)20-14-8-12-17-9-6-7-13-19(17)20/h3-14,16,21-23,26H,15H2,1-2H3/t21-,22-,23+/m1/s1. The Balaban J connectivity index is 1.89. The second kappa shape index (κ2) is 7.16. The van der Waals surface area contributed by atoms with Gasteiger partial charge in [-0.25, -0.2) is 0 Å². The maximum Gasteiger partial charge on any atom is 0.231 e. The molecule has 1 amide bonds. The topological polar surface area (TPSA) is 40.5 Å². The lowest BCUT2D eigenvalue weighted by Gasteiger charge is -2.28. The van der Waals surface area contributed by atoms with E-state index in [0.717, 1.165) is 22.0 Å². The van der Waals surface area contributed by atoms with Crippen LogP contribution >= 0.6 is 0 Å². The number of hydrogen-bond donors (Lipinski definition) is 1. The average Bonchev–Trinajstić information content (AvgIpc) is 3.00. The number of rotatable bonds is 4. The van der Waals surface area contributed by atoms with Gasteiger partial charge in [-0.3, -0.25) is 4.79 Å². The molecule has 1 aliphatic rings. The molecule has 0 unspecified atom stereocenters. The van der Waals surface area contributed by atoms with Crippen LogP contribution in [0.4, 0.5) is 5.69 Å². The largest absolute Gasteiger partial charge is 0.394 e. The molecule has 3 nitrogen and oxygen atoms in total. The number of fused-ring (bicyclic) bond motifs is 1. The molecule has 3 atom stereocenters. The zero-order chi connectivity index (χ0) is 19.0. The monoisotopic (exact) mass is 359 g/mol. The van der Waals surface area contributed by atoms with Gasteiger partial charge in [0.1, 0.15) is 0 Å². The first-order valence-electron chi connectivity index (χ1n) is 9.60. The van der Waals surface area contributed by atoms with E-state index < -0.39 is 0 Å². The van der Waals surface area contributed by atoms with Gasteiger partial charge in [0.2, 0.25) is 5.91 Å². The van der Waals surface area contributed by atoms with Crippen LogP contribution in [0.5, 0.6) is 0 Å². The highest BCUT2D eigenvalue weighted by atomic mass is 16.3. The van der Waals surface area contributed by atoms with Crippen LogP contribution in [0.2, 0.25) is 0 Å². The lowest BCUT2D eigenvalue weighted by molar-refractivity contribution is -0.121. The van der Waals surface area contributed by atoms with Gasteiger partial charge >= 0.3 is 0 Å². The molecule has 1 saturated heterocycles. The zero-order valence-electron chi connectivity index (χ0n) is 15.7. The predicted molar refractivity (Wildman–Crippen MR) is 110 cm³/mol. The molecule has 27 heavy (non-hydrogen) atoms.